The summed E-state index contributed by atoms with van der Waals surface area (Å²) in [7, 11) is 1.37. The van der Waals surface area contributed by atoms with Crippen molar-refractivity contribution in [1.82, 2.24) is 0 Å². The van der Waals surface area contributed by atoms with E-state index in [2.05, 4.69) is 0 Å². The summed E-state index contributed by atoms with van der Waals surface area (Å²) < 4.78 is 9.80. The molecule has 0 aromatic rings. The van der Waals surface area contributed by atoms with E-state index in [0.29, 0.717) is 0 Å². The van der Waals surface area contributed by atoms with Crippen molar-refractivity contribution in [2.24, 2.45) is 0 Å². The Morgan fingerprint density at radius 1 is 1.08 bits per heavy atom. The van der Waals surface area contributed by atoms with E-state index in [1.54, 1.807) is 6.92 Å². The molecule has 72 valence electrons. The molecule has 3 N–H and O–H groups in total. The third-order valence-electron chi connectivity index (χ3n) is 2.04. The van der Waals surface area contributed by atoms with Crippen LogP contribution in [0.5, 0.6) is 0 Å². The molecule has 1 fully saturated rings. The summed E-state index contributed by atoms with van der Waals surface area (Å²) in [5, 5.41) is 27.8. The molecular weight excluding hydrogens is 164 g/mol. The van der Waals surface area contributed by atoms with E-state index >= 15 is 0 Å². The van der Waals surface area contributed by atoms with Gasteiger partial charge in [-0.05, 0) is 6.92 Å². The van der Waals surface area contributed by atoms with Gasteiger partial charge in [-0.2, -0.15) is 0 Å². The maximum Gasteiger partial charge on any atom is 0.186 e. The van der Waals surface area contributed by atoms with Crippen molar-refractivity contribution in [1.29, 1.82) is 0 Å². The normalized spacial score (nSPS) is 49.2. The highest BCUT2D eigenvalue weighted by molar-refractivity contribution is 4.86. The van der Waals surface area contributed by atoms with Gasteiger partial charge in [0.25, 0.3) is 0 Å². The van der Waals surface area contributed by atoms with Gasteiger partial charge in [-0.15, -0.1) is 0 Å². The first-order chi connectivity index (χ1) is 5.57. The molecule has 1 aliphatic heterocycles. The summed E-state index contributed by atoms with van der Waals surface area (Å²) in [4.78, 5) is 0. The van der Waals surface area contributed by atoms with Crippen LogP contribution in [-0.2, 0) is 9.47 Å². The maximum absolute atomic E-state index is 9.27. The van der Waals surface area contributed by atoms with Gasteiger partial charge in [0.05, 0.1) is 6.10 Å². The van der Waals surface area contributed by atoms with Crippen molar-refractivity contribution in [3.05, 3.63) is 0 Å². The fourth-order valence-corrected chi connectivity index (χ4v) is 1.21. The van der Waals surface area contributed by atoms with E-state index in [1.807, 2.05) is 0 Å². The average molecular weight is 178 g/mol. The number of rotatable bonds is 1. The molecule has 1 rings (SSSR count). The van der Waals surface area contributed by atoms with Crippen LogP contribution in [-0.4, -0.2) is 53.1 Å². The zero-order valence-corrected chi connectivity index (χ0v) is 7.04. The van der Waals surface area contributed by atoms with Crippen LogP contribution in [0.4, 0.5) is 0 Å². The molecular formula is C7H14O5. The molecule has 0 radical (unpaired) electrons. The maximum atomic E-state index is 9.27. The van der Waals surface area contributed by atoms with Gasteiger partial charge >= 0.3 is 0 Å². The highest BCUT2D eigenvalue weighted by Crippen LogP contribution is 2.20. The minimum atomic E-state index is -1.21. The standard InChI is InChI=1S/C7H14O5/c1-3-4(8)5(9)6(10)7(11-2)12-3/h3-10H,1-2H3/t3-,4-,5-,6+,7-/m1/s1. The molecule has 1 saturated heterocycles. The lowest BCUT2D eigenvalue weighted by Crippen LogP contribution is -2.57. The van der Waals surface area contributed by atoms with Gasteiger partial charge in [-0.25, -0.2) is 0 Å². The van der Waals surface area contributed by atoms with Crippen molar-refractivity contribution in [3.8, 4) is 0 Å². The molecule has 0 aromatic heterocycles. The van der Waals surface area contributed by atoms with Gasteiger partial charge in [0, 0.05) is 7.11 Å². The van der Waals surface area contributed by atoms with Crippen molar-refractivity contribution in [2.75, 3.05) is 7.11 Å². The second kappa shape index (κ2) is 3.68. The molecule has 5 heteroatoms. The minimum Gasteiger partial charge on any atom is -0.388 e. The lowest BCUT2D eigenvalue weighted by Gasteiger charge is -2.38. The lowest BCUT2D eigenvalue weighted by atomic mass is 10.0. The van der Waals surface area contributed by atoms with Crippen LogP contribution in [0.15, 0.2) is 0 Å². The van der Waals surface area contributed by atoms with Crippen LogP contribution in [0.2, 0.25) is 0 Å². The summed E-state index contributed by atoms with van der Waals surface area (Å²) in [6.07, 6.45) is -4.86. The zero-order valence-electron chi connectivity index (χ0n) is 7.04. The van der Waals surface area contributed by atoms with Gasteiger partial charge in [-0.3, -0.25) is 0 Å². The molecule has 0 spiro atoms. The minimum absolute atomic E-state index is 0.534. The Bertz CT molecular complexity index is 146. The quantitative estimate of drug-likeness (QED) is 0.453. The first-order valence-electron chi connectivity index (χ1n) is 3.80. The van der Waals surface area contributed by atoms with E-state index in [9.17, 15) is 15.3 Å². The monoisotopic (exact) mass is 178 g/mol. The molecule has 5 atom stereocenters. The predicted octanol–water partition coefficient (Wildman–Crippen LogP) is -1.54. The average Bonchev–Trinajstić information content (AvgIpc) is 2.08. The Morgan fingerprint density at radius 2 is 1.67 bits per heavy atom. The van der Waals surface area contributed by atoms with E-state index in [1.165, 1.54) is 7.11 Å². The van der Waals surface area contributed by atoms with E-state index < -0.39 is 30.7 Å². The van der Waals surface area contributed by atoms with Gasteiger partial charge < -0.3 is 24.8 Å². The molecule has 0 saturated carbocycles. The topological polar surface area (TPSA) is 79.2 Å². The van der Waals surface area contributed by atoms with Crippen molar-refractivity contribution in [2.45, 2.75) is 37.6 Å². The van der Waals surface area contributed by atoms with Gasteiger partial charge in [0.2, 0.25) is 0 Å². The highest BCUT2D eigenvalue weighted by Gasteiger charge is 2.41. The molecule has 0 bridgehead atoms. The Morgan fingerprint density at radius 3 is 2.17 bits per heavy atom. The fourth-order valence-electron chi connectivity index (χ4n) is 1.21. The summed E-state index contributed by atoms with van der Waals surface area (Å²) in [6, 6.07) is 0. The van der Waals surface area contributed by atoms with E-state index in [0.717, 1.165) is 0 Å². The number of ether oxygens (including phenoxy) is 2. The largest absolute Gasteiger partial charge is 0.388 e. The molecule has 5 nitrogen and oxygen atoms in total. The second-order valence-electron chi connectivity index (χ2n) is 2.92. The Labute approximate surface area is 70.5 Å². The van der Waals surface area contributed by atoms with Crippen molar-refractivity contribution in [3.63, 3.8) is 0 Å². The van der Waals surface area contributed by atoms with Crippen LogP contribution in [0.1, 0.15) is 6.92 Å². The van der Waals surface area contributed by atoms with Gasteiger partial charge in [-0.1, -0.05) is 0 Å². The first-order valence-corrected chi connectivity index (χ1v) is 3.80. The molecule has 0 amide bonds. The Kier molecular flexibility index (Phi) is 3.03. The third kappa shape index (κ3) is 1.60. The Balaban J connectivity index is 2.63. The summed E-state index contributed by atoms with van der Waals surface area (Å²) >= 11 is 0. The third-order valence-corrected chi connectivity index (χ3v) is 2.04. The molecule has 0 aromatic carbocycles. The van der Waals surface area contributed by atoms with Crippen LogP contribution in [0.3, 0.4) is 0 Å². The van der Waals surface area contributed by atoms with Gasteiger partial charge in [0.15, 0.2) is 6.29 Å². The number of aliphatic hydroxyl groups is 3. The predicted molar refractivity (Wildman–Crippen MR) is 39.4 cm³/mol. The van der Waals surface area contributed by atoms with E-state index in [4.69, 9.17) is 9.47 Å². The summed E-state index contributed by atoms with van der Waals surface area (Å²) in [5.41, 5.74) is 0. The molecule has 1 aliphatic rings. The molecule has 12 heavy (non-hydrogen) atoms. The smallest absolute Gasteiger partial charge is 0.186 e. The lowest BCUT2D eigenvalue weighted by molar-refractivity contribution is -0.286. The number of aliphatic hydroxyl groups excluding tert-OH is 3. The zero-order chi connectivity index (χ0) is 9.30. The van der Waals surface area contributed by atoms with Crippen molar-refractivity contribution < 1.29 is 24.8 Å². The van der Waals surface area contributed by atoms with Crippen molar-refractivity contribution >= 4 is 0 Å². The van der Waals surface area contributed by atoms with E-state index in [-0.39, 0.29) is 0 Å². The Hall–Kier alpha value is -0.200. The molecule has 0 unspecified atom stereocenters. The number of methoxy groups -OCH3 is 1. The second-order valence-corrected chi connectivity index (χ2v) is 2.92. The fraction of sp³-hybridized carbons (Fsp3) is 1.00. The first kappa shape index (κ1) is 9.88. The highest BCUT2D eigenvalue weighted by atomic mass is 16.7. The van der Waals surface area contributed by atoms with Crippen LogP contribution in [0.25, 0.3) is 0 Å². The summed E-state index contributed by atoms with van der Waals surface area (Å²) in [6.45, 7) is 1.60. The van der Waals surface area contributed by atoms with Crippen LogP contribution in [0, 0.1) is 0 Å². The number of hydrogen-bond donors (Lipinski definition) is 3. The van der Waals surface area contributed by atoms with Crippen LogP contribution >= 0.6 is 0 Å². The summed E-state index contributed by atoms with van der Waals surface area (Å²) in [5.74, 6) is 0. The number of hydrogen-bond acceptors (Lipinski definition) is 5. The molecule has 1 heterocycles. The van der Waals surface area contributed by atoms with Crippen LogP contribution < -0.4 is 0 Å². The molecule has 0 aliphatic carbocycles. The SMILES string of the molecule is CO[C@@H]1O[C@H](C)[C@@H](O)[C@@H](O)[C@@H]1O. The van der Waals surface area contributed by atoms with Gasteiger partial charge in [0.1, 0.15) is 18.3 Å².